The van der Waals surface area contributed by atoms with Gasteiger partial charge in [-0.1, -0.05) is 65.8 Å². The lowest BCUT2D eigenvalue weighted by Crippen LogP contribution is -2.67. The Hall–Kier alpha value is -1.13. The maximum atomic E-state index is 12.3. The highest BCUT2D eigenvalue weighted by atomic mass is 16.5. The first-order valence-electron chi connectivity index (χ1n) is 13.8. The molecule has 0 bridgehead atoms. The molecule has 0 aliphatic heterocycles. The van der Waals surface area contributed by atoms with E-state index in [4.69, 9.17) is 4.74 Å². The van der Waals surface area contributed by atoms with Crippen molar-refractivity contribution in [2.75, 3.05) is 0 Å². The van der Waals surface area contributed by atoms with E-state index >= 15 is 0 Å². The van der Waals surface area contributed by atoms with Gasteiger partial charge in [-0.05, 0) is 73.5 Å². The van der Waals surface area contributed by atoms with Crippen LogP contribution in [0, 0.1) is 46.3 Å². The number of carbonyl (C=O) groups is 1. The van der Waals surface area contributed by atoms with Crippen LogP contribution in [0.4, 0.5) is 0 Å². The van der Waals surface area contributed by atoms with Gasteiger partial charge in [0.1, 0.15) is 6.10 Å². The first-order valence-corrected chi connectivity index (χ1v) is 13.8. The van der Waals surface area contributed by atoms with Crippen LogP contribution in [-0.2, 0) is 9.53 Å². The lowest BCUT2D eigenvalue weighted by atomic mass is 9.43. The Morgan fingerprint density at radius 1 is 0.971 bits per heavy atom. The predicted octanol–water partition coefficient (Wildman–Crippen LogP) is 6.07. The van der Waals surface area contributed by atoms with Crippen LogP contribution >= 0.6 is 0 Å². The third-order valence-electron chi connectivity index (χ3n) is 11.1. The van der Waals surface area contributed by atoms with Crippen LogP contribution < -0.4 is 0 Å². The number of rotatable bonds is 5. The van der Waals surface area contributed by atoms with Gasteiger partial charge in [-0.25, -0.2) is 0 Å². The second-order valence-corrected chi connectivity index (χ2v) is 13.2. The monoisotopic (exact) mass is 472 g/mol. The summed E-state index contributed by atoms with van der Waals surface area (Å²) in [6.07, 6.45) is 14.6. The van der Waals surface area contributed by atoms with Crippen molar-refractivity contribution in [3.63, 3.8) is 0 Å². The molecular formula is C30H48O4. The van der Waals surface area contributed by atoms with E-state index < -0.39 is 16.6 Å². The minimum atomic E-state index is -1.04. The number of hydrogen-bond acceptors (Lipinski definition) is 4. The highest BCUT2D eigenvalue weighted by Crippen LogP contribution is 2.69. The van der Waals surface area contributed by atoms with Gasteiger partial charge in [0.15, 0.2) is 0 Å². The molecule has 3 fully saturated rings. The number of hydrogen-bond donors (Lipinski definition) is 2. The molecule has 4 heteroatoms. The first kappa shape index (κ1) is 25.9. The van der Waals surface area contributed by atoms with Gasteiger partial charge < -0.3 is 14.9 Å². The molecule has 34 heavy (non-hydrogen) atoms. The van der Waals surface area contributed by atoms with E-state index in [1.165, 1.54) is 6.92 Å². The fraction of sp³-hybridized carbons (Fsp3) is 0.833. The van der Waals surface area contributed by atoms with Crippen LogP contribution in [0.5, 0.6) is 0 Å². The molecule has 0 aromatic heterocycles. The maximum absolute atomic E-state index is 12.3. The summed E-state index contributed by atoms with van der Waals surface area (Å²) in [6.45, 7) is 15.3. The summed E-state index contributed by atoms with van der Waals surface area (Å²) in [7, 11) is 0. The van der Waals surface area contributed by atoms with Gasteiger partial charge in [-0.3, -0.25) is 4.79 Å². The highest BCUT2D eigenvalue weighted by Gasteiger charge is 2.68. The molecule has 0 spiro atoms. The van der Waals surface area contributed by atoms with Crippen LogP contribution in [0.25, 0.3) is 0 Å². The smallest absolute Gasteiger partial charge is 0.302 e. The molecule has 4 nitrogen and oxygen atoms in total. The Morgan fingerprint density at radius 3 is 2.32 bits per heavy atom. The van der Waals surface area contributed by atoms with Crippen molar-refractivity contribution in [1.29, 1.82) is 0 Å². The van der Waals surface area contributed by atoms with Crippen molar-refractivity contribution in [2.24, 2.45) is 46.3 Å². The maximum Gasteiger partial charge on any atom is 0.302 e. The zero-order valence-electron chi connectivity index (χ0n) is 22.5. The molecule has 4 rings (SSSR count). The quantitative estimate of drug-likeness (QED) is 0.377. The Balaban J connectivity index is 1.60. The number of fused-ring (bicyclic) bond motifs is 5. The number of aliphatic hydroxyl groups is 2. The van der Waals surface area contributed by atoms with Gasteiger partial charge >= 0.3 is 5.97 Å². The molecule has 0 amide bonds. The van der Waals surface area contributed by atoms with Crippen LogP contribution in [0.2, 0.25) is 0 Å². The number of carbonyl (C=O) groups excluding carboxylic acids is 1. The number of allylic oxidation sites excluding steroid dienone is 2. The molecule has 10 atom stereocenters. The predicted molar refractivity (Wildman–Crippen MR) is 136 cm³/mol. The third kappa shape index (κ3) is 3.92. The fourth-order valence-corrected chi connectivity index (χ4v) is 8.64. The van der Waals surface area contributed by atoms with Gasteiger partial charge in [0.05, 0.1) is 11.2 Å². The highest BCUT2D eigenvalue weighted by molar-refractivity contribution is 5.66. The normalized spacial score (nSPS) is 47.7. The molecular weight excluding hydrogens is 424 g/mol. The molecule has 0 unspecified atom stereocenters. The Morgan fingerprint density at radius 2 is 1.68 bits per heavy atom. The summed E-state index contributed by atoms with van der Waals surface area (Å²) in [5, 5.41) is 24.1. The first-order chi connectivity index (χ1) is 15.8. The summed E-state index contributed by atoms with van der Waals surface area (Å²) >= 11 is 0. The van der Waals surface area contributed by atoms with Gasteiger partial charge in [0, 0.05) is 24.7 Å². The van der Waals surface area contributed by atoms with E-state index in [-0.39, 0.29) is 29.3 Å². The van der Waals surface area contributed by atoms with Crippen LogP contribution in [0.3, 0.4) is 0 Å². The minimum absolute atomic E-state index is 0.0249. The van der Waals surface area contributed by atoms with Gasteiger partial charge in [0.25, 0.3) is 0 Å². The molecule has 4 aliphatic carbocycles. The lowest BCUT2D eigenvalue weighted by Gasteiger charge is -2.64. The van der Waals surface area contributed by atoms with Crippen LogP contribution in [0.15, 0.2) is 24.3 Å². The molecule has 192 valence electrons. The van der Waals surface area contributed by atoms with E-state index in [0.29, 0.717) is 30.1 Å². The molecule has 0 aromatic carbocycles. The lowest BCUT2D eigenvalue weighted by molar-refractivity contribution is -0.223. The number of ether oxygens (including phenoxy) is 1. The molecule has 0 saturated heterocycles. The third-order valence-corrected chi connectivity index (χ3v) is 11.1. The summed E-state index contributed by atoms with van der Waals surface area (Å²) in [5.41, 5.74) is -2.24. The molecule has 2 N–H and O–H groups in total. The molecule has 0 aromatic rings. The van der Waals surface area contributed by atoms with Gasteiger partial charge in [-0.15, -0.1) is 0 Å². The van der Waals surface area contributed by atoms with Crippen molar-refractivity contribution in [3.8, 4) is 0 Å². The summed E-state index contributed by atoms with van der Waals surface area (Å²) in [5.74, 6) is 2.24. The molecule has 0 heterocycles. The van der Waals surface area contributed by atoms with Gasteiger partial charge in [0.2, 0.25) is 0 Å². The second kappa shape index (κ2) is 8.76. The number of esters is 1. The average molecular weight is 473 g/mol. The average Bonchev–Trinajstić information content (AvgIpc) is 3.11. The van der Waals surface area contributed by atoms with E-state index in [9.17, 15) is 15.0 Å². The van der Waals surface area contributed by atoms with Crippen LogP contribution in [-0.4, -0.2) is 33.5 Å². The zero-order chi connectivity index (χ0) is 25.1. The molecule has 4 aliphatic rings. The second-order valence-electron chi connectivity index (χ2n) is 13.2. The molecule has 0 radical (unpaired) electrons. The Bertz CT molecular complexity index is 847. The van der Waals surface area contributed by atoms with E-state index in [0.717, 1.165) is 38.5 Å². The van der Waals surface area contributed by atoms with E-state index in [1.807, 2.05) is 12.2 Å². The molecule has 3 saturated carbocycles. The largest absolute Gasteiger partial charge is 0.462 e. The standard InChI is InChI=1S/C30H48O4/c1-19(2)20(3)8-9-21(4)24-10-11-25-27(24,6)14-13-26-28(7)15-12-23(34-22(5)31)18-29(28,32)16-17-30(25,26)33/h8-9,16-17,19-21,23-26,32-33H,10-15,18H2,1-7H3/b9-8+/t20-,21-,23-,24-,25-,26-,27-,28-,29-,30-/m1/s1. The summed E-state index contributed by atoms with van der Waals surface area (Å²) < 4.78 is 5.49. The summed E-state index contributed by atoms with van der Waals surface area (Å²) in [6, 6.07) is 0. The van der Waals surface area contributed by atoms with E-state index in [2.05, 4.69) is 53.7 Å². The van der Waals surface area contributed by atoms with Crippen molar-refractivity contribution in [2.45, 2.75) is 111 Å². The topological polar surface area (TPSA) is 66.8 Å². The SMILES string of the molecule is CC(=O)O[C@@H]1CC[C@]2(C)[C@H]3CC[C@]4(C)[C@@H]([C@H](C)/C=C/[C@@H](C)C(C)C)CC[C@H]4[C@]3(O)C=C[C@@]2(O)C1. The Labute approximate surface area is 207 Å². The van der Waals surface area contributed by atoms with Crippen molar-refractivity contribution < 1.29 is 19.7 Å². The van der Waals surface area contributed by atoms with Crippen LogP contribution in [0.1, 0.15) is 93.4 Å². The van der Waals surface area contributed by atoms with Crippen molar-refractivity contribution >= 4 is 5.97 Å². The Kier molecular flexibility index (Phi) is 6.69. The van der Waals surface area contributed by atoms with Crippen molar-refractivity contribution in [3.05, 3.63) is 24.3 Å². The summed E-state index contributed by atoms with van der Waals surface area (Å²) in [4.78, 5) is 11.5. The van der Waals surface area contributed by atoms with E-state index in [1.54, 1.807) is 0 Å². The minimum Gasteiger partial charge on any atom is -0.462 e. The fourth-order valence-electron chi connectivity index (χ4n) is 8.64. The zero-order valence-corrected chi connectivity index (χ0v) is 22.5. The van der Waals surface area contributed by atoms with Gasteiger partial charge in [-0.2, -0.15) is 0 Å². The van der Waals surface area contributed by atoms with Crippen molar-refractivity contribution in [1.82, 2.24) is 0 Å².